The smallest absolute Gasteiger partial charge is 0.407 e. The number of rotatable bonds is 10. The zero-order valence-electron chi connectivity index (χ0n) is 19.1. The van der Waals surface area contributed by atoms with Gasteiger partial charge in [-0.3, -0.25) is 0 Å². The molecule has 27 heavy (non-hydrogen) atoms. The van der Waals surface area contributed by atoms with E-state index in [4.69, 9.17) is 14.4 Å². The van der Waals surface area contributed by atoms with Crippen molar-refractivity contribution in [2.75, 3.05) is 0 Å². The normalized spacial score (nSPS) is 15.0. The first kappa shape index (κ1) is 25.9. The van der Waals surface area contributed by atoms with Crippen LogP contribution in [0.1, 0.15) is 87.0 Å². The highest BCUT2D eigenvalue weighted by atomic mass is 28.4. The van der Waals surface area contributed by atoms with E-state index >= 15 is 0 Å². The maximum atomic E-state index is 12.3. The van der Waals surface area contributed by atoms with E-state index in [9.17, 15) is 4.79 Å². The van der Waals surface area contributed by atoms with E-state index in [0.717, 1.165) is 32.1 Å². The number of hydrogen-bond acceptors (Lipinski definition) is 4. The number of carbonyl (C=O) groups is 1. The summed E-state index contributed by atoms with van der Waals surface area (Å²) in [5, 5.41) is 12.0. The lowest BCUT2D eigenvalue weighted by Crippen LogP contribution is -2.46. The molecule has 158 valence electrons. The van der Waals surface area contributed by atoms with E-state index in [-0.39, 0.29) is 17.2 Å². The summed E-state index contributed by atoms with van der Waals surface area (Å²) in [5.41, 5.74) is -0.526. The summed E-state index contributed by atoms with van der Waals surface area (Å²) in [6, 6.07) is 2.14. The summed E-state index contributed by atoms with van der Waals surface area (Å²) in [7, 11) is -1.88. The van der Waals surface area contributed by atoms with Crippen molar-refractivity contribution in [3.63, 3.8) is 0 Å². The van der Waals surface area contributed by atoms with Gasteiger partial charge in [0.25, 0.3) is 0 Å². The van der Waals surface area contributed by atoms with Crippen molar-refractivity contribution in [2.45, 2.75) is 123 Å². The molecule has 1 amide bonds. The van der Waals surface area contributed by atoms with Crippen LogP contribution in [0, 0.1) is 11.3 Å². The molecule has 1 N–H and O–H groups in total. The van der Waals surface area contributed by atoms with Gasteiger partial charge in [-0.05, 0) is 64.6 Å². The number of amides is 1. The number of ether oxygens (including phenoxy) is 1. The predicted molar refractivity (Wildman–Crippen MR) is 114 cm³/mol. The Bertz CT molecular complexity index is 487. The lowest BCUT2D eigenvalue weighted by Gasteiger charge is -2.40. The Morgan fingerprint density at radius 3 is 2.19 bits per heavy atom. The van der Waals surface area contributed by atoms with E-state index in [1.54, 1.807) is 0 Å². The van der Waals surface area contributed by atoms with Gasteiger partial charge in [0.1, 0.15) is 5.60 Å². The molecule has 5 nitrogen and oxygen atoms in total. The Labute approximate surface area is 168 Å². The Kier molecular flexibility index (Phi) is 10.6. The molecule has 0 fully saturated rings. The molecule has 0 radical (unpaired) electrons. The predicted octanol–water partition coefficient (Wildman–Crippen LogP) is 6.15. The summed E-state index contributed by atoms with van der Waals surface area (Å²) in [5.74, 6) is 0. The van der Waals surface area contributed by atoms with Crippen molar-refractivity contribution < 1.29 is 14.0 Å². The highest BCUT2D eigenvalue weighted by Crippen LogP contribution is 2.38. The van der Waals surface area contributed by atoms with Crippen molar-refractivity contribution in [2.24, 2.45) is 0 Å². The number of hydrogen-bond donors (Lipinski definition) is 1. The van der Waals surface area contributed by atoms with Crippen molar-refractivity contribution in [1.29, 1.82) is 5.26 Å². The standard InChI is InChI=1S/C21H42N2O3Si/c1-10-13-18(26-27(8,9)21(5,6)7)16-17(14-11-12-15-22)23-19(24)25-20(2,3)4/h17-18H,10-14,16H2,1-9H3,(H,23,24)/t17-,18-/m1/s1. The fourth-order valence-corrected chi connectivity index (χ4v) is 4.01. The Hall–Kier alpha value is -1.06. The summed E-state index contributed by atoms with van der Waals surface area (Å²) in [6.45, 7) is 19.0. The average Bonchev–Trinajstić information content (AvgIpc) is 2.43. The van der Waals surface area contributed by atoms with Crippen molar-refractivity contribution in [1.82, 2.24) is 5.32 Å². The number of nitriles is 1. The van der Waals surface area contributed by atoms with E-state index in [1.807, 2.05) is 20.8 Å². The molecule has 0 saturated heterocycles. The van der Waals surface area contributed by atoms with E-state index in [1.165, 1.54) is 0 Å². The van der Waals surface area contributed by atoms with Crippen molar-refractivity contribution in [3.05, 3.63) is 0 Å². The zero-order valence-corrected chi connectivity index (χ0v) is 20.1. The fourth-order valence-electron chi connectivity index (χ4n) is 2.61. The number of nitrogens with one attached hydrogen (secondary N) is 1. The second-order valence-electron chi connectivity index (χ2n) is 9.92. The molecule has 0 aliphatic carbocycles. The van der Waals surface area contributed by atoms with Gasteiger partial charge in [0.15, 0.2) is 8.32 Å². The van der Waals surface area contributed by atoms with Gasteiger partial charge in [0.2, 0.25) is 0 Å². The quantitative estimate of drug-likeness (QED) is 0.353. The Morgan fingerprint density at radius 1 is 1.15 bits per heavy atom. The number of nitrogens with zero attached hydrogens (tertiary/aromatic N) is 1. The van der Waals surface area contributed by atoms with Crippen LogP contribution in [0.2, 0.25) is 18.1 Å². The van der Waals surface area contributed by atoms with Crippen LogP contribution >= 0.6 is 0 Å². The second-order valence-corrected chi connectivity index (χ2v) is 14.7. The second kappa shape index (κ2) is 11.1. The molecule has 0 aliphatic heterocycles. The number of carbonyl (C=O) groups excluding carboxylic acids is 1. The van der Waals surface area contributed by atoms with Crippen LogP contribution in [-0.4, -0.2) is 32.2 Å². The molecule has 0 spiro atoms. The van der Waals surface area contributed by atoms with Crippen LogP contribution in [0.25, 0.3) is 0 Å². The summed E-state index contributed by atoms with van der Waals surface area (Å²) in [6.07, 6.45) is 4.49. The van der Waals surface area contributed by atoms with Crippen LogP contribution in [0.3, 0.4) is 0 Å². The molecule has 2 atom stereocenters. The molecule has 0 aromatic carbocycles. The molecule has 0 rings (SSSR count). The van der Waals surface area contributed by atoms with Gasteiger partial charge in [-0.25, -0.2) is 4.79 Å². The Balaban J connectivity index is 5.13. The summed E-state index contributed by atoms with van der Waals surface area (Å²) < 4.78 is 12.1. The molecule has 0 aromatic rings. The van der Waals surface area contributed by atoms with E-state index < -0.39 is 20.0 Å². The number of unbranched alkanes of at least 4 members (excludes halogenated alkanes) is 1. The van der Waals surface area contributed by atoms with E-state index in [2.05, 4.69) is 52.2 Å². The van der Waals surface area contributed by atoms with Gasteiger partial charge < -0.3 is 14.5 Å². The average molecular weight is 399 g/mol. The van der Waals surface area contributed by atoms with Crippen LogP contribution in [0.15, 0.2) is 0 Å². The maximum Gasteiger partial charge on any atom is 0.407 e. The lowest BCUT2D eigenvalue weighted by atomic mass is 10.0. The molecule has 0 heterocycles. The molecule has 0 saturated carbocycles. The molecule has 0 unspecified atom stereocenters. The van der Waals surface area contributed by atoms with Gasteiger partial charge in [-0.15, -0.1) is 0 Å². The SMILES string of the molecule is CCC[C@H](C[C@@H](CCCC#N)NC(=O)OC(C)(C)C)O[Si](C)(C)C(C)(C)C. The first-order chi connectivity index (χ1) is 12.2. The third-order valence-corrected chi connectivity index (χ3v) is 9.52. The Morgan fingerprint density at radius 2 is 1.74 bits per heavy atom. The fraction of sp³-hybridized carbons (Fsp3) is 0.905. The third kappa shape index (κ3) is 11.4. The van der Waals surface area contributed by atoms with Crippen molar-refractivity contribution in [3.8, 4) is 6.07 Å². The highest BCUT2D eigenvalue weighted by molar-refractivity contribution is 6.74. The van der Waals surface area contributed by atoms with Crippen molar-refractivity contribution >= 4 is 14.4 Å². The first-order valence-electron chi connectivity index (χ1n) is 10.3. The number of alkyl carbamates (subject to hydrolysis) is 1. The summed E-state index contributed by atoms with van der Waals surface area (Å²) >= 11 is 0. The first-order valence-corrected chi connectivity index (χ1v) is 13.2. The molecule has 0 aliphatic rings. The summed E-state index contributed by atoms with van der Waals surface area (Å²) in [4.78, 5) is 12.3. The topological polar surface area (TPSA) is 71.4 Å². The van der Waals surface area contributed by atoms with Crippen LogP contribution in [0.5, 0.6) is 0 Å². The lowest BCUT2D eigenvalue weighted by molar-refractivity contribution is 0.0479. The third-order valence-electron chi connectivity index (χ3n) is 4.99. The largest absolute Gasteiger partial charge is 0.444 e. The van der Waals surface area contributed by atoms with Crippen LogP contribution < -0.4 is 5.32 Å². The molecule has 0 aromatic heterocycles. The van der Waals surface area contributed by atoms with Gasteiger partial charge in [-0.1, -0.05) is 34.1 Å². The van der Waals surface area contributed by atoms with Crippen LogP contribution in [-0.2, 0) is 9.16 Å². The van der Waals surface area contributed by atoms with Gasteiger partial charge >= 0.3 is 6.09 Å². The monoisotopic (exact) mass is 398 g/mol. The van der Waals surface area contributed by atoms with Gasteiger partial charge in [0.05, 0.1) is 6.07 Å². The van der Waals surface area contributed by atoms with E-state index in [0.29, 0.717) is 6.42 Å². The minimum atomic E-state index is -1.88. The molecular formula is C21H42N2O3Si. The zero-order chi connectivity index (χ0) is 21.3. The van der Waals surface area contributed by atoms with Gasteiger partial charge in [-0.2, -0.15) is 5.26 Å². The maximum absolute atomic E-state index is 12.3. The van der Waals surface area contributed by atoms with Crippen LogP contribution in [0.4, 0.5) is 4.79 Å². The molecular weight excluding hydrogens is 356 g/mol. The molecule has 6 heteroatoms. The highest BCUT2D eigenvalue weighted by Gasteiger charge is 2.39. The van der Waals surface area contributed by atoms with Gasteiger partial charge in [0, 0.05) is 18.6 Å². The molecule has 0 bridgehead atoms. The minimum Gasteiger partial charge on any atom is -0.444 e. The minimum absolute atomic E-state index is 0.0467.